The van der Waals surface area contributed by atoms with Gasteiger partial charge in [0.25, 0.3) is 0 Å². The Morgan fingerprint density at radius 1 is 1.25 bits per heavy atom. The average Bonchev–Trinajstić information content (AvgIpc) is 2.72. The van der Waals surface area contributed by atoms with Crippen molar-refractivity contribution in [1.29, 1.82) is 0 Å². The standard InChI is InChI=1S/C14H13BrO/c1-16-13-7-5-10-3-2-9-4-6-11(15)8-12(9)14(10)13/h2-4,6,8,13H,5,7H2,1H3. The molecular formula is C14H13BrO. The van der Waals surface area contributed by atoms with Crippen LogP contribution in [0, 0.1) is 0 Å². The predicted molar refractivity (Wildman–Crippen MR) is 69.7 cm³/mol. The van der Waals surface area contributed by atoms with Crippen LogP contribution >= 0.6 is 15.9 Å². The van der Waals surface area contributed by atoms with E-state index in [0.29, 0.717) is 0 Å². The average molecular weight is 277 g/mol. The normalized spacial score (nSPS) is 19.0. The van der Waals surface area contributed by atoms with Gasteiger partial charge in [-0.2, -0.15) is 0 Å². The third-order valence-electron chi connectivity index (χ3n) is 3.40. The highest BCUT2D eigenvalue weighted by molar-refractivity contribution is 9.10. The summed E-state index contributed by atoms with van der Waals surface area (Å²) < 4.78 is 6.70. The van der Waals surface area contributed by atoms with E-state index in [1.165, 1.54) is 21.9 Å². The molecule has 0 saturated heterocycles. The first kappa shape index (κ1) is 10.3. The van der Waals surface area contributed by atoms with Gasteiger partial charge in [0.1, 0.15) is 0 Å². The Bertz CT molecular complexity index is 548. The summed E-state index contributed by atoms with van der Waals surface area (Å²) in [5.74, 6) is 0. The van der Waals surface area contributed by atoms with Crippen LogP contribution in [0.25, 0.3) is 10.8 Å². The van der Waals surface area contributed by atoms with Gasteiger partial charge in [-0.1, -0.05) is 34.1 Å². The molecule has 0 heterocycles. The van der Waals surface area contributed by atoms with Crippen molar-refractivity contribution in [3.05, 3.63) is 45.9 Å². The van der Waals surface area contributed by atoms with Gasteiger partial charge in [0, 0.05) is 11.6 Å². The van der Waals surface area contributed by atoms with Gasteiger partial charge >= 0.3 is 0 Å². The maximum absolute atomic E-state index is 5.57. The Hall–Kier alpha value is -0.860. The highest BCUT2D eigenvalue weighted by Crippen LogP contribution is 2.39. The minimum Gasteiger partial charge on any atom is -0.377 e. The third-order valence-corrected chi connectivity index (χ3v) is 3.89. The number of rotatable bonds is 1. The van der Waals surface area contributed by atoms with Gasteiger partial charge in [-0.25, -0.2) is 0 Å². The van der Waals surface area contributed by atoms with Crippen LogP contribution in [0.4, 0.5) is 0 Å². The second-order valence-corrected chi connectivity index (χ2v) is 5.18. The predicted octanol–water partition coefficient (Wildman–Crippen LogP) is 4.24. The fourth-order valence-corrected chi connectivity index (χ4v) is 2.99. The zero-order valence-electron chi connectivity index (χ0n) is 9.16. The zero-order valence-corrected chi connectivity index (χ0v) is 10.8. The summed E-state index contributed by atoms with van der Waals surface area (Å²) in [4.78, 5) is 0. The minimum atomic E-state index is 0.271. The largest absolute Gasteiger partial charge is 0.377 e. The summed E-state index contributed by atoms with van der Waals surface area (Å²) in [5, 5.41) is 2.63. The lowest BCUT2D eigenvalue weighted by Crippen LogP contribution is -1.96. The molecule has 1 aliphatic carbocycles. The van der Waals surface area contributed by atoms with E-state index < -0.39 is 0 Å². The topological polar surface area (TPSA) is 9.23 Å². The first-order chi connectivity index (χ1) is 7.79. The molecule has 0 aliphatic heterocycles. The highest BCUT2D eigenvalue weighted by Gasteiger charge is 2.24. The maximum atomic E-state index is 5.57. The summed E-state index contributed by atoms with van der Waals surface area (Å²) in [7, 11) is 1.80. The molecule has 0 N–H and O–H groups in total. The number of aryl methyl sites for hydroxylation is 1. The van der Waals surface area contributed by atoms with Crippen molar-refractivity contribution in [3.63, 3.8) is 0 Å². The molecular weight excluding hydrogens is 264 g/mol. The molecule has 1 aliphatic rings. The van der Waals surface area contributed by atoms with Crippen LogP contribution in [-0.2, 0) is 11.2 Å². The van der Waals surface area contributed by atoms with E-state index in [1.54, 1.807) is 7.11 Å². The fourth-order valence-electron chi connectivity index (χ4n) is 2.63. The molecule has 2 heteroatoms. The third kappa shape index (κ3) is 1.48. The van der Waals surface area contributed by atoms with Crippen molar-refractivity contribution in [1.82, 2.24) is 0 Å². The van der Waals surface area contributed by atoms with E-state index in [9.17, 15) is 0 Å². The molecule has 82 valence electrons. The summed E-state index contributed by atoms with van der Waals surface area (Å²) in [6.45, 7) is 0. The van der Waals surface area contributed by atoms with Crippen LogP contribution in [0.1, 0.15) is 23.7 Å². The first-order valence-electron chi connectivity index (χ1n) is 5.53. The quantitative estimate of drug-likeness (QED) is 0.757. The number of benzene rings is 2. The molecule has 1 atom stereocenters. The molecule has 0 spiro atoms. The molecule has 2 aromatic carbocycles. The van der Waals surface area contributed by atoms with Crippen LogP contribution in [0.15, 0.2) is 34.8 Å². The molecule has 0 saturated carbocycles. The number of hydrogen-bond acceptors (Lipinski definition) is 1. The van der Waals surface area contributed by atoms with Crippen molar-refractivity contribution in [2.24, 2.45) is 0 Å². The van der Waals surface area contributed by atoms with Crippen molar-refractivity contribution < 1.29 is 4.74 Å². The monoisotopic (exact) mass is 276 g/mol. The van der Waals surface area contributed by atoms with E-state index in [2.05, 4.69) is 46.3 Å². The van der Waals surface area contributed by atoms with Gasteiger partial charge in [0.15, 0.2) is 0 Å². The van der Waals surface area contributed by atoms with E-state index >= 15 is 0 Å². The van der Waals surface area contributed by atoms with E-state index in [4.69, 9.17) is 4.74 Å². The fraction of sp³-hybridized carbons (Fsp3) is 0.286. The molecule has 0 aromatic heterocycles. The Labute approximate surface area is 104 Å². The van der Waals surface area contributed by atoms with Crippen LogP contribution in [-0.4, -0.2) is 7.11 Å². The second kappa shape index (κ2) is 3.86. The SMILES string of the molecule is COC1CCc2ccc3ccc(Br)cc3c21. The summed E-state index contributed by atoms with van der Waals surface area (Å²) in [6, 6.07) is 10.9. The van der Waals surface area contributed by atoms with E-state index in [0.717, 1.165) is 17.3 Å². The van der Waals surface area contributed by atoms with Crippen LogP contribution in [0.3, 0.4) is 0 Å². The summed E-state index contributed by atoms with van der Waals surface area (Å²) in [6.07, 6.45) is 2.52. The second-order valence-electron chi connectivity index (χ2n) is 4.27. The van der Waals surface area contributed by atoms with Crippen LogP contribution < -0.4 is 0 Å². The van der Waals surface area contributed by atoms with Crippen molar-refractivity contribution >= 4 is 26.7 Å². The Morgan fingerprint density at radius 2 is 2.06 bits per heavy atom. The molecule has 2 aromatic rings. The lowest BCUT2D eigenvalue weighted by Gasteiger charge is -2.12. The zero-order chi connectivity index (χ0) is 11.1. The van der Waals surface area contributed by atoms with Gasteiger partial charge < -0.3 is 4.74 Å². The Balaban J connectivity index is 2.33. The van der Waals surface area contributed by atoms with Crippen LogP contribution in [0.2, 0.25) is 0 Å². The summed E-state index contributed by atoms with van der Waals surface area (Å²) >= 11 is 3.54. The lowest BCUT2D eigenvalue weighted by molar-refractivity contribution is 0.106. The van der Waals surface area contributed by atoms with E-state index in [1.807, 2.05) is 0 Å². The van der Waals surface area contributed by atoms with Gasteiger partial charge in [-0.15, -0.1) is 0 Å². The number of ether oxygens (including phenoxy) is 1. The molecule has 0 bridgehead atoms. The lowest BCUT2D eigenvalue weighted by atomic mass is 10.00. The van der Waals surface area contributed by atoms with Gasteiger partial charge in [-0.3, -0.25) is 0 Å². The smallest absolute Gasteiger partial charge is 0.0833 e. The highest BCUT2D eigenvalue weighted by atomic mass is 79.9. The first-order valence-corrected chi connectivity index (χ1v) is 6.33. The molecule has 16 heavy (non-hydrogen) atoms. The van der Waals surface area contributed by atoms with E-state index in [-0.39, 0.29) is 6.10 Å². The number of fused-ring (bicyclic) bond motifs is 3. The number of methoxy groups -OCH3 is 1. The molecule has 0 radical (unpaired) electrons. The molecule has 3 rings (SSSR count). The molecule has 0 fully saturated rings. The molecule has 1 nitrogen and oxygen atoms in total. The van der Waals surface area contributed by atoms with Crippen molar-refractivity contribution in [2.75, 3.05) is 7.11 Å². The van der Waals surface area contributed by atoms with Gasteiger partial charge in [-0.05, 0) is 46.9 Å². The number of halogens is 1. The molecule has 0 amide bonds. The minimum absolute atomic E-state index is 0.271. The van der Waals surface area contributed by atoms with Crippen LogP contribution in [0.5, 0.6) is 0 Å². The summed E-state index contributed by atoms with van der Waals surface area (Å²) in [5.41, 5.74) is 2.83. The van der Waals surface area contributed by atoms with Gasteiger partial charge in [0.2, 0.25) is 0 Å². The molecule has 1 unspecified atom stereocenters. The van der Waals surface area contributed by atoms with Gasteiger partial charge in [0.05, 0.1) is 6.10 Å². The van der Waals surface area contributed by atoms with Crippen molar-refractivity contribution in [2.45, 2.75) is 18.9 Å². The Morgan fingerprint density at radius 3 is 2.88 bits per heavy atom. The Kier molecular flexibility index (Phi) is 2.49. The van der Waals surface area contributed by atoms with Crippen molar-refractivity contribution in [3.8, 4) is 0 Å². The number of hydrogen-bond donors (Lipinski definition) is 0. The maximum Gasteiger partial charge on any atom is 0.0833 e.